The minimum Gasteiger partial charge on any atom is -0.381 e. The lowest BCUT2D eigenvalue weighted by Gasteiger charge is -2.38. The number of halogens is 2. The third-order valence-corrected chi connectivity index (χ3v) is 6.21. The van der Waals surface area contributed by atoms with Gasteiger partial charge in [0.15, 0.2) is 0 Å². The van der Waals surface area contributed by atoms with E-state index in [4.69, 9.17) is 16.3 Å². The fraction of sp³-hybridized carbons (Fsp3) is 0.455. The summed E-state index contributed by atoms with van der Waals surface area (Å²) in [5, 5.41) is 8.30. The van der Waals surface area contributed by atoms with Crippen LogP contribution in [0.2, 0.25) is 5.15 Å². The molecule has 3 rings (SSSR count). The highest BCUT2D eigenvalue weighted by molar-refractivity contribution is 9.10. The number of aromatic nitrogens is 2. The van der Waals surface area contributed by atoms with Gasteiger partial charge in [0.05, 0.1) is 11.2 Å². The third-order valence-electron chi connectivity index (χ3n) is 5.32. The van der Waals surface area contributed by atoms with Gasteiger partial charge in [0, 0.05) is 35.9 Å². The lowest BCUT2D eigenvalue weighted by atomic mass is 9.82. The van der Waals surface area contributed by atoms with E-state index in [1.807, 2.05) is 19.1 Å². The Bertz CT molecular complexity index is 888. The van der Waals surface area contributed by atoms with E-state index in [0.29, 0.717) is 18.4 Å². The Kier molecular flexibility index (Phi) is 7.55. The van der Waals surface area contributed by atoms with Crippen LogP contribution in [0.1, 0.15) is 49.4 Å². The molecule has 1 aliphatic heterocycles. The number of ether oxygens (including phenoxy) is 1. The van der Waals surface area contributed by atoms with Gasteiger partial charge in [-0.25, -0.2) is 0 Å². The summed E-state index contributed by atoms with van der Waals surface area (Å²) in [7, 11) is 0. The molecule has 0 aliphatic carbocycles. The maximum atomic E-state index is 12.8. The SMILES string of the molecule is CCCCn1nc(C)c(/C=C/C(=O)NC2(c3cccc(Br)c3)CCOCC2)c1Cl. The van der Waals surface area contributed by atoms with Crippen LogP contribution in [0.3, 0.4) is 0 Å². The molecule has 1 amide bonds. The van der Waals surface area contributed by atoms with Gasteiger partial charge in [0.2, 0.25) is 5.91 Å². The van der Waals surface area contributed by atoms with Gasteiger partial charge in [-0.15, -0.1) is 0 Å². The van der Waals surface area contributed by atoms with Gasteiger partial charge in [0.25, 0.3) is 0 Å². The van der Waals surface area contributed by atoms with Crippen LogP contribution >= 0.6 is 27.5 Å². The van der Waals surface area contributed by atoms with Crippen molar-refractivity contribution in [3.05, 3.63) is 56.8 Å². The highest BCUT2D eigenvalue weighted by Crippen LogP contribution is 2.33. The zero-order valence-corrected chi connectivity index (χ0v) is 19.2. The Morgan fingerprint density at radius 1 is 1.41 bits per heavy atom. The number of benzene rings is 1. The molecular weight excluding hydrogens is 454 g/mol. The minimum atomic E-state index is -0.437. The molecule has 0 atom stereocenters. The molecule has 1 fully saturated rings. The van der Waals surface area contributed by atoms with Crippen molar-refractivity contribution in [1.29, 1.82) is 0 Å². The summed E-state index contributed by atoms with van der Waals surface area (Å²) in [5.41, 5.74) is 2.26. The Morgan fingerprint density at radius 2 is 2.17 bits per heavy atom. The first-order valence-corrected chi connectivity index (χ1v) is 11.2. The average Bonchev–Trinajstić information content (AvgIpc) is 2.98. The van der Waals surface area contributed by atoms with Crippen molar-refractivity contribution in [3.8, 4) is 0 Å². The molecule has 0 radical (unpaired) electrons. The molecule has 0 spiro atoms. The van der Waals surface area contributed by atoms with Crippen LogP contribution in [0.15, 0.2) is 34.8 Å². The van der Waals surface area contributed by atoms with E-state index in [0.717, 1.165) is 53.5 Å². The molecule has 2 aromatic rings. The van der Waals surface area contributed by atoms with Crippen LogP contribution in [-0.2, 0) is 21.6 Å². The number of unbranched alkanes of at least 4 members (excludes halogenated alkanes) is 1. The summed E-state index contributed by atoms with van der Waals surface area (Å²) < 4.78 is 8.34. The van der Waals surface area contributed by atoms with Gasteiger partial charge in [-0.05, 0) is 50.0 Å². The van der Waals surface area contributed by atoms with Crippen molar-refractivity contribution >= 4 is 39.5 Å². The van der Waals surface area contributed by atoms with Crippen molar-refractivity contribution in [2.45, 2.75) is 51.6 Å². The van der Waals surface area contributed by atoms with E-state index >= 15 is 0 Å². The number of nitrogens with zero attached hydrogens (tertiary/aromatic N) is 2. The average molecular weight is 481 g/mol. The molecular formula is C22H27BrClN3O2. The molecule has 156 valence electrons. The van der Waals surface area contributed by atoms with E-state index in [2.05, 4.69) is 45.4 Å². The maximum Gasteiger partial charge on any atom is 0.244 e. The molecule has 0 bridgehead atoms. The molecule has 1 saturated heterocycles. The Labute approximate surface area is 185 Å². The van der Waals surface area contributed by atoms with E-state index in [9.17, 15) is 4.79 Å². The molecule has 1 N–H and O–H groups in total. The van der Waals surface area contributed by atoms with Crippen LogP contribution < -0.4 is 5.32 Å². The first kappa shape index (κ1) is 22.1. The number of amides is 1. The largest absolute Gasteiger partial charge is 0.381 e. The van der Waals surface area contributed by atoms with Crippen LogP contribution in [0.25, 0.3) is 6.08 Å². The van der Waals surface area contributed by atoms with Crippen LogP contribution in [0.5, 0.6) is 0 Å². The topological polar surface area (TPSA) is 56.2 Å². The monoisotopic (exact) mass is 479 g/mol. The van der Waals surface area contributed by atoms with E-state index in [1.54, 1.807) is 16.8 Å². The van der Waals surface area contributed by atoms with E-state index in [1.165, 1.54) is 0 Å². The lowest BCUT2D eigenvalue weighted by molar-refractivity contribution is -0.119. The van der Waals surface area contributed by atoms with Gasteiger partial charge in [0.1, 0.15) is 5.15 Å². The molecule has 29 heavy (non-hydrogen) atoms. The smallest absolute Gasteiger partial charge is 0.244 e. The summed E-state index contributed by atoms with van der Waals surface area (Å²) in [5.74, 6) is -0.149. The summed E-state index contributed by atoms with van der Waals surface area (Å²) in [6.45, 7) is 6.06. The second-order valence-electron chi connectivity index (χ2n) is 7.39. The quantitative estimate of drug-likeness (QED) is 0.551. The van der Waals surface area contributed by atoms with Crippen molar-refractivity contribution in [3.63, 3.8) is 0 Å². The lowest BCUT2D eigenvalue weighted by Crippen LogP contribution is -2.49. The zero-order valence-electron chi connectivity index (χ0n) is 16.9. The van der Waals surface area contributed by atoms with Gasteiger partial charge >= 0.3 is 0 Å². The maximum absolute atomic E-state index is 12.8. The second kappa shape index (κ2) is 9.92. The summed E-state index contributed by atoms with van der Waals surface area (Å²) in [6.07, 6.45) is 6.87. The molecule has 1 aromatic heterocycles. The molecule has 1 aromatic carbocycles. The van der Waals surface area contributed by atoms with Crippen LogP contribution in [0, 0.1) is 6.92 Å². The van der Waals surface area contributed by atoms with Crippen molar-refractivity contribution in [1.82, 2.24) is 15.1 Å². The normalized spacial score (nSPS) is 16.3. The number of nitrogens with one attached hydrogen (secondary N) is 1. The molecule has 0 unspecified atom stereocenters. The standard InChI is InChI=1S/C22H27BrClN3O2/c1-3-4-12-27-21(24)19(16(2)26-27)8-9-20(28)25-22(10-13-29-14-11-22)17-6-5-7-18(23)15-17/h5-9,15H,3-4,10-14H2,1-2H3,(H,25,28)/b9-8+. The Hall–Kier alpha value is -1.63. The van der Waals surface area contributed by atoms with Crippen molar-refractivity contribution in [2.24, 2.45) is 0 Å². The predicted octanol–water partition coefficient (Wildman–Crippen LogP) is 5.24. The highest BCUT2D eigenvalue weighted by atomic mass is 79.9. The molecule has 0 saturated carbocycles. The van der Waals surface area contributed by atoms with Crippen molar-refractivity contribution in [2.75, 3.05) is 13.2 Å². The number of carbonyl (C=O) groups is 1. The predicted molar refractivity (Wildman–Crippen MR) is 120 cm³/mol. The van der Waals surface area contributed by atoms with Gasteiger partial charge in [-0.1, -0.05) is 53.0 Å². The van der Waals surface area contributed by atoms with Gasteiger partial charge in [-0.3, -0.25) is 9.48 Å². The van der Waals surface area contributed by atoms with Crippen LogP contribution in [-0.4, -0.2) is 28.9 Å². The fourth-order valence-electron chi connectivity index (χ4n) is 3.64. The zero-order chi connectivity index (χ0) is 20.9. The first-order valence-electron chi connectivity index (χ1n) is 10.0. The second-order valence-corrected chi connectivity index (χ2v) is 8.67. The Morgan fingerprint density at radius 3 is 2.86 bits per heavy atom. The van der Waals surface area contributed by atoms with E-state index in [-0.39, 0.29) is 5.91 Å². The molecule has 5 nitrogen and oxygen atoms in total. The number of hydrogen-bond donors (Lipinski definition) is 1. The fourth-order valence-corrected chi connectivity index (χ4v) is 4.36. The third kappa shape index (κ3) is 5.30. The molecule has 2 heterocycles. The van der Waals surface area contributed by atoms with E-state index < -0.39 is 5.54 Å². The first-order chi connectivity index (χ1) is 13.9. The van der Waals surface area contributed by atoms with Gasteiger partial charge in [-0.2, -0.15) is 5.10 Å². The van der Waals surface area contributed by atoms with Gasteiger partial charge < -0.3 is 10.1 Å². The minimum absolute atomic E-state index is 0.149. The number of aryl methyl sites for hydroxylation is 2. The molecule has 7 heteroatoms. The Balaban J connectivity index is 1.78. The molecule has 1 aliphatic rings. The highest BCUT2D eigenvalue weighted by Gasteiger charge is 2.35. The number of rotatable bonds is 7. The number of carbonyl (C=O) groups excluding carboxylic acids is 1. The van der Waals surface area contributed by atoms with Crippen molar-refractivity contribution < 1.29 is 9.53 Å². The number of hydrogen-bond acceptors (Lipinski definition) is 3. The van der Waals surface area contributed by atoms with Crippen LogP contribution in [0.4, 0.5) is 0 Å². The summed E-state index contributed by atoms with van der Waals surface area (Å²) in [6, 6.07) is 8.10. The summed E-state index contributed by atoms with van der Waals surface area (Å²) >= 11 is 10.0. The summed E-state index contributed by atoms with van der Waals surface area (Å²) in [4.78, 5) is 12.8.